The maximum absolute atomic E-state index is 12.5. The molecule has 0 amide bonds. The van der Waals surface area contributed by atoms with Crippen LogP contribution in [0, 0.1) is 6.92 Å². The van der Waals surface area contributed by atoms with Crippen molar-refractivity contribution in [2.45, 2.75) is 18.5 Å². The number of aryl methyl sites for hydroxylation is 1. The number of aromatic amines is 1. The summed E-state index contributed by atoms with van der Waals surface area (Å²) in [6, 6.07) is 7.15. The molecule has 0 saturated carbocycles. The highest BCUT2D eigenvalue weighted by molar-refractivity contribution is 7.92. The molecule has 0 bridgehead atoms. The van der Waals surface area contributed by atoms with E-state index in [1.165, 1.54) is 0 Å². The van der Waals surface area contributed by atoms with Gasteiger partial charge in [0.05, 0.1) is 11.4 Å². The fraction of sp³-hybridized carbons (Fsp3) is 0.308. The Morgan fingerprint density at radius 3 is 2.62 bits per heavy atom. The summed E-state index contributed by atoms with van der Waals surface area (Å²) in [5, 5.41) is 6.46. The minimum atomic E-state index is -3.79. The van der Waals surface area contributed by atoms with Gasteiger partial charge < -0.3 is 10.6 Å². The zero-order chi connectivity index (χ0) is 15.6. The quantitative estimate of drug-likeness (QED) is 0.765. The van der Waals surface area contributed by atoms with Crippen LogP contribution in [0.25, 0.3) is 0 Å². The minimum Gasteiger partial charge on any atom is -0.376 e. The van der Waals surface area contributed by atoms with Crippen molar-refractivity contribution >= 4 is 21.4 Å². The lowest BCUT2D eigenvalue weighted by Gasteiger charge is -2.18. The molecule has 4 N–H and O–H groups in total. The predicted octanol–water partition coefficient (Wildman–Crippen LogP) is 1.04. The second-order valence-corrected chi connectivity index (χ2v) is 6.45. The van der Waals surface area contributed by atoms with E-state index in [-0.39, 0.29) is 11.6 Å². The van der Waals surface area contributed by atoms with Crippen LogP contribution in [0.4, 0.5) is 11.4 Å². The zero-order valence-corrected chi connectivity index (χ0v) is 13.0. The Kier molecular flexibility index (Phi) is 4.19. The van der Waals surface area contributed by atoms with E-state index in [1.807, 2.05) is 31.1 Å². The number of sulfonamides is 1. The van der Waals surface area contributed by atoms with Crippen LogP contribution in [0.2, 0.25) is 0 Å². The van der Waals surface area contributed by atoms with Crippen molar-refractivity contribution in [3.8, 4) is 0 Å². The van der Waals surface area contributed by atoms with Gasteiger partial charge >= 0.3 is 0 Å². The number of benzene rings is 1. The van der Waals surface area contributed by atoms with Gasteiger partial charge in [0.1, 0.15) is 0 Å². The Morgan fingerprint density at radius 2 is 2.00 bits per heavy atom. The van der Waals surface area contributed by atoms with Crippen LogP contribution < -0.4 is 15.4 Å². The highest BCUT2D eigenvalue weighted by Crippen LogP contribution is 2.27. The first-order chi connectivity index (χ1) is 9.86. The number of nitrogens with two attached hydrogens (primary N) is 1. The van der Waals surface area contributed by atoms with Crippen LogP contribution >= 0.6 is 0 Å². The predicted molar refractivity (Wildman–Crippen MR) is 82.8 cm³/mol. The zero-order valence-electron chi connectivity index (χ0n) is 12.2. The van der Waals surface area contributed by atoms with Crippen molar-refractivity contribution in [2.75, 3.05) is 23.7 Å². The first kappa shape index (κ1) is 15.3. The molecule has 0 fully saturated rings. The first-order valence-corrected chi connectivity index (χ1v) is 7.88. The van der Waals surface area contributed by atoms with E-state index >= 15 is 0 Å². The number of H-pyrrole nitrogens is 1. The molecule has 0 aliphatic carbocycles. The normalized spacial score (nSPS) is 11.4. The third kappa shape index (κ3) is 3.01. The molecule has 1 aromatic heterocycles. The van der Waals surface area contributed by atoms with E-state index in [9.17, 15) is 8.42 Å². The molecule has 114 valence electrons. The molecule has 0 radical (unpaired) electrons. The van der Waals surface area contributed by atoms with Crippen molar-refractivity contribution in [1.82, 2.24) is 10.2 Å². The lowest BCUT2D eigenvalue weighted by molar-refractivity contribution is 0.596. The SMILES string of the molecule is Cc1[nH]nc(S(=O)(=O)Nc2ccccc2N(C)C)c1CN. The van der Waals surface area contributed by atoms with Gasteiger partial charge in [-0.15, -0.1) is 0 Å². The summed E-state index contributed by atoms with van der Waals surface area (Å²) in [6.07, 6.45) is 0. The van der Waals surface area contributed by atoms with Gasteiger partial charge in [0.15, 0.2) is 0 Å². The van der Waals surface area contributed by atoms with E-state index in [2.05, 4.69) is 14.9 Å². The number of rotatable bonds is 5. The lowest BCUT2D eigenvalue weighted by Crippen LogP contribution is -2.19. The monoisotopic (exact) mass is 309 g/mol. The second-order valence-electron chi connectivity index (χ2n) is 4.85. The molecule has 1 aromatic carbocycles. The van der Waals surface area contributed by atoms with Crippen molar-refractivity contribution in [3.63, 3.8) is 0 Å². The van der Waals surface area contributed by atoms with Gasteiger partial charge in [-0.1, -0.05) is 12.1 Å². The Balaban J connectivity index is 2.43. The van der Waals surface area contributed by atoms with Crippen molar-refractivity contribution < 1.29 is 8.42 Å². The topological polar surface area (TPSA) is 104 Å². The number of anilines is 2. The van der Waals surface area contributed by atoms with Crippen LogP contribution in [0.15, 0.2) is 29.3 Å². The summed E-state index contributed by atoms with van der Waals surface area (Å²) in [5.74, 6) is 0. The van der Waals surface area contributed by atoms with E-state index in [1.54, 1.807) is 19.1 Å². The highest BCUT2D eigenvalue weighted by Gasteiger charge is 2.24. The van der Waals surface area contributed by atoms with Crippen LogP contribution in [0.3, 0.4) is 0 Å². The Hall–Kier alpha value is -2.06. The maximum atomic E-state index is 12.5. The largest absolute Gasteiger partial charge is 0.376 e. The van der Waals surface area contributed by atoms with E-state index in [0.717, 1.165) is 5.69 Å². The Labute approximate surface area is 124 Å². The number of nitrogens with zero attached hydrogens (tertiary/aromatic N) is 2. The summed E-state index contributed by atoms with van der Waals surface area (Å²) in [4.78, 5) is 1.83. The van der Waals surface area contributed by atoms with Crippen LogP contribution in [-0.2, 0) is 16.6 Å². The summed E-state index contributed by atoms with van der Waals surface area (Å²) in [5.41, 5.74) is 8.00. The molecule has 0 saturated heterocycles. The van der Waals surface area contributed by atoms with Gasteiger partial charge in [0.2, 0.25) is 5.03 Å². The minimum absolute atomic E-state index is 0.0592. The average molecular weight is 309 g/mol. The molecule has 8 heteroatoms. The first-order valence-electron chi connectivity index (χ1n) is 6.40. The van der Waals surface area contributed by atoms with Crippen molar-refractivity contribution in [2.24, 2.45) is 5.73 Å². The number of nitrogens with one attached hydrogen (secondary N) is 2. The second kappa shape index (κ2) is 5.74. The summed E-state index contributed by atoms with van der Waals surface area (Å²) in [7, 11) is -0.102. The molecule has 0 spiro atoms. The van der Waals surface area contributed by atoms with Crippen LogP contribution in [0.1, 0.15) is 11.3 Å². The van der Waals surface area contributed by atoms with E-state index < -0.39 is 10.0 Å². The van der Waals surface area contributed by atoms with Crippen LogP contribution in [-0.4, -0.2) is 32.7 Å². The average Bonchev–Trinajstić information content (AvgIpc) is 2.80. The third-order valence-electron chi connectivity index (χ3n) is 3.12. The van der Waals surface area contributed by atoms with Crippen molar-refractivity contribution in [1.29, 1.82) is 0 Å². The summed E-state index contributed by atoms with van der Waals surface area (Å²) in [6.45, 7) is 1.84. The number of hydrogen-bond acceptors (Lipinski definition) is 5. The van der Waals surface area contributed by atoms with Crippen molar-refractivity contribution in [3.05, 3.63) is 35.5 Å². The molecular weight excluding hydrogens is 290 g/mol. The summed E-state index contributed by atoms with van der Waals surface area (Å²) < 4.78 is 27.6. The fourth-order valence-electron chi connectivity index (χ4n) is 2.04. The van der Waals surface area contributed by atoms with Gasteiger partial charge in [0.25, 0.3) is 10.0 Å². The van der Waals surface area contributed by atoms with Gasteiger partial charge in [-0.05, 0) is 19.1 Å². The molecule has 21 heavy (non-hydrogen) atoms. The third-order valence-corrected chi connectivity index (χ3v) is 4.46. The molecule has 2 rings (SSSR count). The molecule has 0 atom stereocenters. The Bertz CT molecular complexity index is 737. The molecule has 1 heterocycles. The summed E-state index contributed by atoms with van der Waals surface area (Å²) >= 11 is 0. The van der Waals surface area contributed by atoms with Gasteiger partial charge in [-0.3, -0.25) is 9.82 Å². The highest BCUT2D eigenvalue weighted by atomic mass is 32.2. The molecule has 0 aliphatic heterocycles. The van der Waals surface area contributed by atoms with Gasteiger partial charge in [0, 0.05) is 31.9 Å². The van der Waals surface area contributed by atoms with Crippen LogP contribution in [0.5, 0.6) is 0 Å². The molecule has 7 nitrogen and oxygen atoms in total. The molecule has 2 aromatic rings. The fourth-order valence-corrected chi connectivity index (χ4v) is 3.32. The lowest BCUT2D eigenvalue weighted by atomic mass is 10.2. The smallest absolute Gasteiger partial charge is 0.281 e. The molecular formula is C13H19N5O2S. The standard InChI is InChI=1S/C13H19N5O2S/c1-9-10(8-14)13(16-15-9)21(19,20)17-11-6-4-5-7-12(11)18(2)3/h4-7,17H,8,14H2,1-3H3,(H,15,16). The Morgan fingerprint density at radius 1 is 1.33 bits per heavy atom. The number of aromatic nitrogens is 2. The van der Waals surface area contributed by atoms with E-state index in [0.29, 0.717) is 16.9 Å². The molecule has 0 unspecified atom stereocenters. The van der Waals surface area contributed by atoms with E-state index in [4.69, 9.17) is 5.73 Å². The van der Waals surface area contributed by atoms with Gasteiger partial charge in [-0.2, -0.15) is 13.5 Å². The molecule has 0 aliphatic rings. The number of para-hydroxylation sites is 2. The van der Waals surface area contributed by atoms with Gasteiger partial charge in [-0.25, -0.2) is 0 Å². The number of hydrogen-bond donors (Lipinski definition) is 3. The maximum Gasteiger partial charge on any atom is 0.281 e.